The maximum Gasteiger partial charge on any atom is 0.124 e. The zero-order valence-electron chi connectivity index (χ0n) is 17.1. The van der Waals surface area contributed by atoms with E-state index in [4.69, 9.17) is 9.57 Å². The van der Waals surface area contributed by atoms with Gasteiger partial charge >= 0.3 is 0 Å². The largest absolute Gasteiger partial charge is 0.493 e. The van der Waals surface area contributed by atoms with Crippen LogP contribution in [0.3, 0.4) is 0 Å². The predicted molar refractivity (Wildman–Crippen MR) is 113 cm³/mol. The van der Waals surface area contributed by atoms with Crippen LogP contribution in [-0.2, 0) is 10.3 Å². The summed E-state index contributed by atoms with van der Waals surface area (Å²) in [6, 6.07) is 17.5. The molecule has 3 heteroatoms. The number of nitrogens with zero attached hydrogens (tertiary/aromatic N) is 1. The lowest BCUT2D eigenvalue weighted by molar-refractivity contribution is 0.00137. The van der Waals surface area contributed by atoms with Crippen LogP contribution in [0.4, 0.5) is 5.69 Å². The summed E-state index contributed by atoms with van der Waals surface area (Å²) < 4.78 is 6.20. The molecule has 2 atom stereocenters. The normalized spacial score (nSPS) is 26.0. The minimum absolute atomic E-state index is 0.0273. The van der Waals surface area contributed by atoms with Gasteiger partial charge in [0.15, 0.2) is 0 Å². The topological polar surface area (TPSA) is 21.7 Å². The standard InChI is InChI=1S/C25H31NO2/c1-25(2)20-13-7-8-14-22(20)26(28-16-18-10-4-3-5-11-18)24-19-12-6-9-15-23(19)27-17-21(24)25/h6-9,12-15,18,21,24H,3-5,10-11,16-17H2,1-2H3/t21-,24+/m0/s1. The van der Waals surface area contributed by atoms with Gasteiger partial charge in [-0.1, -0.05) is 69.5 Å². The lowest BCUT2D eigenvalue weighted by Crippen LogP contribution is -2.51. The number of hydrogen-bond donors (Lipinski definition) is 0. The molecule has 0 radical (unpaired) electrons. The number of rotatable bonds is 3. The molecule has 5 rings (SSSR count). The molecular formula is C25H31NO2. The molecule has 0 spiro atoms. The van der Waals surface area contributed by atoms with E-state index in [1.165, 1.54) is 48.9 Å². The van der Waals surface area contributed by atoms with Gasteiger partial charge < -0.3 is 4.74 Å². The lowest BCUT2D eigenvalue weighted by atomic mass is 9.65. The van der Waals surface area contributed by atoms with E-state index in [2.05, 4.69) is 67.4 Å². The third-order valence-corrected chi connectivity index (χ3v) is 7.23. The lowest BCUT2D eigenvalue weighted by Gasteiger charge is -2.52. The fourth-order valence-corrected chi connectivity index (χ4v) is 5.49. The van der Waals surface area contributed by atoms with E-state index < -0.39 is 0 Å². The zero-order valence-corrected chi connectivity index (χ0v) is 17.1. The van der Waals surface area contributed by atoms with E-state index in [1.807, 2.05) is 0 Å². The van der Waals surface area contributed by atoms with Crippen LogP contribution in [-0.4, -0.2) is 13.2 Å². The molecule has 3 aliphatic rings. The van der Waals surface area contributed by atoms with Crippen molar-refractivity contribution < 1.29 is 9.57 Å². The van der Waals surface area contributed by atoms with Crippen molar-refractivity contribution in [3.8, 4) is 5.75 Å². The van der Waals surface area contributed by atoms with E-state index in [-0.39, 0.29) is 11.5 Å². The first kappa shape index (κ1) is 18.1. The third-order valence-electron chi connectivity index (χ3n) is 7.23. The van der Waals surface area contributed by atoms with Crippen molar-refractivity contribution >= 4 is 5.69 Å². The molecule has 148 valence electrons. The fourth-order valence-electron chi connectivity index (χ4n) is 5.49. The molecule has 0 saturated heterocycles. The number of para-hydroxylation sites is 2. The summed E-state index contributed by atoms with van der Waals surface area (Å²) in [7, 11) is 0. The van der Waals surface area contributed by atoms with Gasteiger partial charge in [-0.3, -0.25) is 4.84 Å². The summed E-state index contributed by atoms with van der Waals surface area (Å²) in [5, 5.41) is 2.24. The Morgan fingerprint density at radius 2 is 1.75 bits per heavy atom. The third kappa shape index (κ3) is 2.91. The Hall–Kier alpha value is -2.00. The average molecular weight is 378 g/mol. The monoisotopic (exact) mass is 377 g/mol. The molecule has 2 aromatic carbocycles. The van der Waals surface area contributed by atoms with Gasteiger partial charge in [-0.05, 0) is 36.5 Å². The van der Waals surface area contributed by atoms with Crippen molar-refractivity contribution in [3.05, 3.63) is 59.7 Å². The Labute approximate surface area is 168 Å². The average Bonchev–Trinajstić information content (AvgIpc) is 2.74. The highest BCUT2D eigenvalue weighted by molar-refractivity contribution is 5.61. The summed E-state index contributed by atoms with van der Waals surface area (Å²) in [4.78, 5) is 6.65. The second-order valence-corrected chi connectivity index (χ2v) is 9.26. The van der Waals surface area contributed by atoms with Crippen molar-refractivity contribution in [2.75, 3.05) is 18.3 Å². The second-order valence-electron chi connectivity index (χ2n) is 9.26. The number of anilines is 1. The molecule has 0 aromatic heterocycles. The fraction of sp³-hybridized carbons (Fsp3) is 0.520. The Kier molecular flexibility index (Phi) is 4.59. The molecule has 0 unspecified atom stereocenters. The molecule has 28 heavy (non-hydrogen) atoms. The zero-order chi connectivity index (χ0) is 19.1. The highest BCUT2D eigenvalue weighted by Crippen LogP contribution is 2.55. The number of ether oxygens (including phenoxy) is 1. The minimum atomic E-state index is 0.0273. The van der Waals surface area contributed by atoms with Crippen molar-refractivity contribution in [1.29, 1.82) is 0 Å². The van der Waals surface area contributed by atoms with Crippen molar-refractivity contribution in [3.63, 3.8) is 0 Å². The molecule has 2 aliphatic heterocycles. The first-order valence-corrected chi connectivity index (χ1v) is 10.9. The van der Waals surface area contributed by atoms with Gasteiger partial charge in [0, 0.05) is 16.9 Å². The van der Waals surface area contributed by atoms with Gasteiger partial charge in [0.1, 0.15) is 5.75 Å². The van der Waals surface area contributed by atoms with Gasteiger partial charge in [0.2, 0.25) is 0 Å². The van der Waals surface area contributed by atoms with Crippen LogP contribution in [0, 0.1) is 11.8 Å². The van der Waals surface area contributed by atoms with Gasteiger partial charge in [-0.25, -0.2) is 5.06 Å². The molecule has 0 amide bonds. The van der Waals surface area contributed by atoms with Gasteiger partial charge in [0.05, 0.1) is 24.9 Å². The maximum absolute atomic E-state index is 6.65. The van der Waals surface area contributed by atoms with Crippen LogP contribution in [0.15, 0.2) is 48.5 Å². The van der Waals surface area contributed by atoms with Crippen LogP contribution < -0.4 is 9.80 Å². The summed E-state index contributed by atoms with van der Waals surface area (Å²) in [5.41, 5.74) is 3.87. The molecular weight excluding hydrogens is 346 g/mol. The first-order valence-electron chi connectivity index (χ1n) is 10.9. The molecule has 1 aliphatic carbocycles. The highest BCUT2D eigenvalue weighted by Gasteiger charge is 2.50. The molecule has 2 aromatic rings. The van der Waals surface area contributed by atoms with Crippen LogP contribution in [0.5, 0.6) is 5.75 Å². The first-order chi connectivity index (χ1) is 13.7. The smallest absolute Gasteiger partial charge is 0.124 e. The molecule has 2 heterocycles. The van der Waals surface area contributed by atoms with Gasteiger partial charge in [0.25, 0.3) is 0 Å². The summed E-state index contributed by atoms with van der Waals surface area (Å²) >= 11 is 0. The van der Waals surface area contributed by atoms with E-state index >= 15 is 0 Å². The Morgan fingerprint density at radius 3 is 2.61 bits per heavy atom. The molecule has 3 nitrogen and oxygen atoms in total. The highest BCUT2D eigenvalue weighted by atomic mass is 16.7. The SMILES string of the molecule is CC1(C)c2ccccc2N(OCC2CCCCC2)[C@@H]2c3ccccc3OC[C@@H]21. The molecule has 1 saturated carbocycles. The Bertz CT molecular complexity index is 840. The van der Waals surface area contributed by atoms with Crippen LogP contribution in [0.1, 0.15) is 63.1 Å². The van der Waals surface area contributed by atoms with Crippen molar-refractivity contribution in [1.82, 2.24) is 0 Å². The summed E-state index contributed by atoms with van der Waals surface area (Å²) in [6.07, 6.45) is 6.68. The quantitative estimate of drug-likeness (QED) is 0.650. The van der Waals surface area contributed by atoms with Crippen LogP contribution in [0.2, 0.25) is 0 Å². The number of hydroxylamine groups is 1. The molecule has 0 N–H and O–H groups in total. The predicted octanol–water partition coefficient (Wildman–Crippen LogP) is 6.05. The van der Waals surface area contributed by atoms with E-state index in [9.17, 15) is 0 Å². The number of hydrogen-bond acceptors (Lipinski definition) is 3. The maximum atomic E-state index is 6.65. The van der Waals surface area contributed by atoms with Gasteiger partial charge in [-0.15, -0.1) is 0 Å². The Morgan fingerprint density at radius 1 is 1.00 bits per heavy atom. The van der Waals surface area contributed by atoms with E-state index in [0.717, 1.165) is 19.0 Å². The number of fused-ring (bicyclic) bond motifs is 4. The molecule has 0 bridgehead atoms. The van der Waals surface area contributed by atoms with E-state index in [1.54, 1.807) is 0 Å². The number of benzene rings is 2. The van der Waals surface area contributed by atoms with Crippen molar-refractivity contribution in [2.24, 2.45) is 11.8 Å². The minimum Gasteiger partial charge on any atom is -0.493 e. The van der Waals surface area contributed by atoms with Crippen molar-refractivity contribution in [2.45, 2.75) is 57.4 Å². The van der Waals surface area contributed by atoms with Gasteiger partial charge in [-0.2, -0.15) is 0 Å². The Balaban J connectivity index is 1.55. The van der Waals surface area contributed by atoms with Crippen LogP contribution in [0.25, 0.3) is 0 Å². The molecule has 1 fully saturated rings. The summed E-state index contributed by atoms with van der Waals surface area (Å²) in [6.45, 7) is 6.27. The summed E-state index contributed by atoms with van der Waals surface area (Å²) in [5.74, 6) is 2.04. The van der Waals surface area contributed by atoms with Crippen LogP contribution >= 0.6 is 0 Å². The van der Waals surface area contributed by atoms with E-state index in [0.29, 0.717) is 11.8 Å². The second kappa shape index (κ2) is 7.11.